The van der Waals surface area contributed by atoms with Gasteiger partial charge in [0.05, 0.1) is 6.21 Å². The van der Waals surface area contributed by atoms with Crippen molar-refractivity contribution >= 4 is 39.9 Å². The first kappa shape index (κ1) is 17.0. The predicted octanol–water partition coefficient (Wildman–Crippen LogP) is 3.80. The normalized spacial score (nSPS) is 11.5. The lowest BCUT2D eigenvalue weighted by Crippen LogP contribution is -2.21. The summed E-state index contributed by atoms with van der Waals surface area (Å²) in [4.78, 5) is 9.99. The van der Waals surface area contributed by atoms with Gasteiger partial charge in [-0.05, 0) is 37.6 Å². The van der Waals surface area contributed by atoms with E-state index in [2.05, 4.69) is 61.6 Å². The molecule has 0 bridgehead atoms. The van der Waals surface area contributed by atoms with Gasteiger partial charge in [-0.2, -0.15) is 10.1 Å². The number of hydrazone groups is 1. The predicted molar refractivity (Wildman–Crippen MR) is 110 cm³/mol. The van der Waals surface area contributed by atoms with Crippen molar-refractivity contribution in [2.24, 2.45) is 5.10 Å². The first-order chi connectivity index (χ1) is 13.3. The summed E-state index contributed by atoms with van der Waals surface area (Å²) in [5.41, 5.74) is 7.49. The number of rotatable bonds is 6. The quantitative estimate of drug-likeness (QED) is 0.404. The van der Waals surface area contributed by atoms with Crippen molar-refractivity contribution in [2.75, 3.05) is 23.4 Å². The van der Waals surface area contributed by atoms with Gasteiger partial charge in [0.25, 0.3) is 5.95 Å². The lowest BCUT2D eigenvalue weighted by Gasteiger charge is -2.20. The largest absolute Gasteiger partial charge is 0.372 e. The third kappa shape index (κ3) is 3.44. The van der Waals surface area contributed by atoms with E-state index in [1.54, 1.807) is 6.21 Å². The topological polar surface area (TPSA) is 82.1 Å². The molecule has 27 heavy (non-hydrogen) atoms. The fourth-order valence-corrected chi connectivity index (χ4v) is 3.09. The number of para-hydroxylation sites is 1. The van der Waals surface area contributed by atoms with Crippen LogP contribution in [0, 0.1) is 0 Å². The zero-order chi connectivity index (χ0) is 18.6. The number of fused-ring (bicyclic) bond motifs is 3. The highest BCUT2D eigenvalue weighted by Gasteiger charge is 2.08. The molecular weight excluding hydrogens is 338 g/mol. The van der Waals surface area contributed by atoms with Gasteiger partial charge in [-0.3, -0.25) is 0 Å². The minimum absolute atomic E-state index is 0.352. The molecule has 2 aromatic heterocycles. The fourth-order valence-electron chi connectivity index (χ4n) is 3.09. The number of anilines is 2. The molecule has 0 atom stereocenters. The lowest BCUT2D eigenvalue weighted by molar-refractivity contribution is 0.866. The van der Waals surface area contributed by atoms with Gasteiger partial charge in [0.2, 0.25) is 0 Å². The van der Waals surface area contributed by atoms with Crippen LogP contribution in [0.25, 0.3) is 22.1 Å². The third-order valence-electron chi connectivity index (χ3n) is 4.52. The van der Waals surface area contributed by atoms with Crippen LogP contribution in [-0.2, 0) is 0 Å². The maximum Gasteiger partial charge on any atom is 0.265 e. The summed E-state index contributed by atoms with van der Waals surface area (Å²) in [6, 6.07) is 16.2. The molecule has 2 aromatic carbocycles. The van der Waals surface area contributed by atoms with Gasteiger partial charge in [-0.15, -0.1) is 10.2 Å². The fraction of sp³-hybridized carbons (Fsp3) is 0.200. The Balaban J connectivity index is 1.48. The second-order valence-electron chi connectivity index (χ2n) is 6.14. The average Bonchev–Trinajstić information content (AvgIpc) is 3.08. The molecule has 4 rings (SSSR count). The van der Waals surface area contributed by atoms with E-state index < -0.39 is 0 Å². The second kappa shape index (κ2) is 7.41. The van der Waals surface area contributed by atoms with E-state index in [1.807, 2.05) is 36.4 Å². The molecule has 4 aromatic rings. The Morgan fingerprint density at radius 1 is 1.04 bits per heavy atom. The number of nitrogens with one attached hydrogen (secondary N) is 2. The number of nitrogens with zero attached hydrogens (tertiary/aromatic N) is 5. The molecule has 0 saturated carbocycles. The molecule has 0 spiro atoms. The van der Waals surface area contributed by atoms with Crippen LogP contribution >= 0.6 is 0 Å². The molecule has 7 nitrogen and oxygen atoms in total. The summed E-state index contributed by atoms with van der Waals surface area (Å²) >= 11 is 0. The minimum atomic E-state index is 0.352. The monoisotopic (exact) mass is 359 g/mol. The molecular formula is C20H21N7. The Labute approximate surface area is 157 Å². The summed E-state index contributed by atoms with van der Waals surface area (Å²) in [5.74, 6) is 0.352. The van der Waals surface area contributed by atoms with E-state index in [1.165, 1.54) is 5.69 Å². The number of aromatic nitrogens is 4. The number of hydrogen-bond acceptors (Lipinski definition) is 6. The van der Waals surface area contributed by atoms with Crippen molar-refractivity contribution in [3.63, 3.8) is 0 Å². The molecule has 0 amide bonds. The Bertz CT molecular complexity index is 1080. The van der Waals surface area contributed by atoms with Crippen LogP contribution in [0.3, 0.4) is 0 Å². The van der Waals surface area contributed by atoms with Crippen LogP contribution in [0.15, 0.2) is 53.6 Å². The zero-order valence-electron chi connectivity index (χ0n) is 15.3. The summed E-state index contributed by atoms with van der Waals surface area (Å²) in [6.07, 6.45) is 1.74. The van der Waals surface area contributed by atoms with Crippen LogP contribution in [0.1, 0.15) is 19.4 Å². The first-order valence-electron chi connectivity index (χ1n) is 9.03. The maximum absolute atomic E-state index is 4.44. The van der Waals surface area contributed by atoms with Crippen LogP contribution in [-0.4, -0.2) is 39.5 Å². The zero-order valence-corrected chi connectivity index (χ0v) is 15.3. The summed E-state index contributed by atoms with van der Waals surface area (Å²) in [6.45, 7) is 6.29. The summed E-state index contributed by atoms with van der Waals surface area (Å²) in [5, 5.41) is 13.6. The highest BCUT2D eigenvalue weighted by molar-refractivity contribution is 6.03. The maximum atomic E-state index is 4.44. The molecule has 0 aliphatic heterocycles. The van der Waals surface area contributed by atoms with E-state index in [9.17, 15) is 0 Å². The van der Waals surface area contributed by atoms with E-state index in [0.717, 1.165) is 35.1 Å². The van der Waals surface area contributed by atoms with Crippen molar-refractivity contribution in [1.29, 1.82) is 0 Å². The first-order valence-corrected chi connectivity index (χ1v) is 9.03. The number of benzene rings is 2. The number of hydrogen-bond donors (Lipinski definition) is 2. The van der Waals surface area contributed by atoms with E-state index in [-0.39, 0.29) is 0 Å². The molecule has 0 fully saturated rings. The summed E-state index contributed by atoms with van der Waals surface area (Å²) in [7, 11) is 0. The molecule has 7 heteroatoms. The molecule has 0 unspecified atom stereocenters. The molecule has 0 radical (unpaired) electrons. The highest BCUT2D eigenvalue weighted by atomic mass is 15.4. The molecule has 2 heterocycles. The molecule has 0 aliphatic carbocycles. The Morgan fingerprint density at radius 2 is 1.81 bits per heavy atom. The van der Waals surface area contributed by atoms with Crippen LogP contribution in [0.2, 0.25) is 0 Å². The Hall–Kier alpha value is -3.48. The molecule has 2 N–H and O–H groups in total. The van der Waals surface area contributed by atoms with Crippen molar-refractivity contribution in [2.45, 2.75) is 13.8 Å². The minimum Gasteiger partial charge on any atom is -0.372 e. The van der Waals surface area contributed by atoms with Gasteiger partial charge in [0, 0.05) is 29.7 Å². The van der Waals surface area contributed by atoms with E-state index in [0.29, 0.717) is 11.6 Å². The SMILES string of the molecule is CCN(CC)c1ccc(/C=N\Nc2nnc3c(n2)[nH]c2ccccc23)cc1. The van der Waals surface area contributed by atoms with Gasteiger partial charge in [0.1, 0.15) is 5.52 Å². The standard InChI is InChI=1S/C20H21N7/c1-3-27(4-2)15-11-9-14(10-12-15)13-21-25-20-23-19-18(24-26-20)16-7-5-6-8-17(16)22-19/h5-13H,3-4H2,1-2H3,(H2,22,23,25,26)/b21-13-. The molecule has 136 valence electrons. The van der Waals surface area contributed by atoms with Crippen molar-refractivity contribution in [3.8, 4) is 0 Å². The number of aromatic amines is 1. The van der Waals surface area contributed by atoms with E-state index in [4.69, 9.17) is 0 Å². The van der Waals surface area contributed by atoms with Gasteiger partial charge in [-0.25, -0.2) is 5.43 Å². The van der Waals surface area contributed by atoms with Gasteiger partial charge >= 0.3 is 0 Å². The van der Waals surface area contributed by atoms with Crippen LogP contribution < -0.4 is 10.3 Å². The second-order valence-corrected chi connectivity index (χ2v) is 6.14. The molecule has 0 saturated heterocycles. The van der Waals surface area contributed by atoms with Gasteiger partial charge in [0.15, 0.2) is 5.65 Å². The van der Waals surface area contributed by atoms with Crippen LogP contribution in [0.4, 0.5) is 11.6 Å². The van der Waals surface area contributed by atoms with Crippen LogP contribution in [0.5, 0.6) is 0 Å². The third-order valence-corrected chi connectivity index (χ3v) is 4.52. The lowest BCUT2D eigenvalue weighted by atomic mass is 10.2. The highest BCUT2D eigenvalue weighted by Crippen LogP contribution is 2.21. The van der Waals surface area contributed by atoms with Crippen molar-refractivity contribution in [1.82, 2.24) is 20.2 Å². The Morgan fingerprint density at radius 3 is 2.59 bits per heavy atom. The average molecular weight is 359 g/mol. The van der Waals surface area contributed by atoms with E-state index >= 15 is 0 Å². The smallest absolute Gasteiger partial charge is 0.265 e. The summed E-state index contributed by atoms with van der Waals surface area (Å²) < 4.78 is 0. The molecule has 0 aliphatic rings. The number of H-pyrrole nitrogens is 1. The Kier molecular flexibility index (Phi) is 4.65. The van der Waals surface area contributed by atoms with Gasteiger partial charge < -0.3 is 9.88 Å². The van der Waals surface area contributed by atoms with Gasteiger partial charge in [-0.1, -0.05) is 30.3 Å². The van der Waals surface area contributed by atoms with Crippen molar-refractivity contribution < 1.29 is 0 Å². The van der Waals surface area contributed by atoms with Crippen molar-refractivity contribution in [3.05, 3.63) is 54.1 Å².